The maximum Gasteiger partial charge on any atom is 0.164 e. The Morgan fingerprint density at radius 2 is 2.00 bits per heavy atom. The first-order chi connectivity index (χ1) is 7.71. The van der Waals surface area contributed by atoms with E-state index in [-0.39, 0.29) is 5.78 Å². The van der Waals surface area contributed by atoms with Gasteiger partial charge in [-0.2, -0.15) is 0 Å². The summed E-state index contributed by atoms with van der Waals surface area (Å²) < 4.78 is 0. The van der Waals surface area contributed by atoms with Crippen LogP contribution in [0.25, 0.3) is 0 Å². The number of rotatable bonds is 4. The van der Waals surface area contributed by atoms with Crippen LogP contribution in [0, 0.1) is 0 Å². The van der Waals surface area contributed by atoms with Crippen molar-refractivity contribution in [3.05, 3.63) is 35.9 Å². The van der Waals surface area contributed by atoms with Gasteiger partial charge < -0.3 is 5.11 Å². The maximum atomic E-state index is 11.5. The highest BCUT2D eigenvalue weighted by molar-refractivity contribution is 5.88. The maximum absolute atomic E-state index is 11.5. The molecule has 1 unspecified atom stereocenters. The number of hydrogen-bond donors (Lipinski definition) is 1. The third kappa shape index (κ3) is 2.50. The van der Waals surface area contributed by atoms with E-state index >= 15 is 0 Å². The normalized spacial score (nSPS) is 24.9. The highest BCUT2D eigenvalue weighted by Gasteiger charge is 2.38. The third-order valence-corrected chi connectivity index (χ3v) is 3.41. The molecule has 16 heavy (non-hydrogen) atoms. The molecule has 1 saturated carbocycles. The van der Waals surface area contributed by atoms with Crippen LogP contribution in [0.15, 0.2) is 30.3 Å². The number of hydrogen-bond acceptors (Lipinski definition) is 2. The van der Waals surface area contributed by atoms with E-state index in [0.717, 1.165) is 19.3 Å². The first-order valence-corrected chi connectivity index (χ1v) is 6.00. The standard InChI is InChI=1S/C14H18O2/c15-13-9-5-11-14(13,16)10-4-8-12-6-2-1-3-7-12/h1-3,6-7,16H,4-5,8-11H2. The molecule has 0 radical (unpaired) electrons. The van der Waals surface area contributed by atoms with Gasteiger partial charge in [-0.1, -0.05) is 30.3 Å². The Hall–Kier alpha value is -1.15. The molecule has 0 aliphatic heterocycles. The first kappa shape index (κ1) is 11.3. The van der Waals surface area contributed by atoms with Crippen molar-refractivity contribution < 1.29 is 9.90 Å². The molecule has 0 bridgehead atoms. The van der Waals surface area contributed by atoms with Gasteiger partial charge in [-0.05, 0) is 37.7 Å². The van der Waals surface area contributed by atoms with Crippen molar-refractivity contribution in [2.24, 2.45) is 0 Å². The molecular formula is C14H18O2. The zero-order valence-corrected chi connectivity index (χ0v) is 9.48. The van der Waals surface area contributed by atoms with Crippen molar-refractivity contribution >= 4 is 5.78 Å². The number of aryl methyl sites for hydroxylation is 1. The Kier molecular flexibility index (Phi) is 3.39. The van der Waals surface area contributed by atoms with E-state index in [0.29, 0.717) is 19.3 Å². The molecule has 0 spiro atoms. The summed E-state index contributed by atoms with van der Waals surface area (Å²) in [5.41, 5.74) is 0.269. The summed E-state index contributed by atoms with van der Waals surface area (Å²) in [5.74, 6) is 0.0422. The van der Waals surface area contributed by atoms with Gasteiger partial charge in [0.15, 0.2) is 5.78 Å². The summed E-state index contributed by atoms with van der Waals surface area (Å²) in [7, 11) is 0. The van der Waals surface area contributed by atoms with Gasteiger partial charge in [-0.25, -0.2) is 0 Å². The largest absolute Gasteiger partial charge is 0.382 e. The van der Waals surface area contributed by atoms with Crippen LogP contribution < -0.4 is 0 Å². The summed E-state index contributed by atoms with van der Waals surface area (Å²) in [6, 6.07) is 10.2. The van der Waals surface area contributed by atoms with E-state index in [1.807, 2.05) is 18.2 Å². The molecule has 2 rings (SSSR count). The second-order valence-corrected chi connectivity index (χ2v) is 4.65. The summed E-state index contributed by atoms with van der Waals surface area (Å²) in [6.45, 7) is 0. The van der Waals surface area contributed by atoms with Crippen LogP contribution in [0.4, 0.5) is 0 Å². The third-order valence-electron chi connectivity index (χ3n) is 3.41. The van der Waals surface area contributed by atoms with Gasteiger partial charge in [0, 0.05) is 6.42 Å². The zero-order valence-electron chi connectivity index (χ0n) is 9.48. The van der Waals surface area contributed by atoms with Crippen LogP contribution in [0.3, 0.4) is 0 Å². The Morgan fingerprint density at radius 1 is 1.25 bits per heavy atom. The van der Waals surface area contributed by atoms with E-state index in [4.69, 9.17) is 0 Å². The highest BCUT2D eigenvalue weighted by atomic mass is 16.3. The summed E-state index contributed by atoms with van der Waals surface area (Å²) in [5, 5.41) is 10.1. The fourth-order valence-electron chi connectivity index (χ4n) is 2.41. The van der Waals surface area contributed by atoms with E-state index < -0.39 is 5.60 Å². The van der Waals surface area contributed by atoms with Gasteiger partial charge in [0.05, 0.1) is 0 Å². The van der Waals surface area contributed by atoms with Gasteiger partial charge in [-0.15, -0.1) is 0 Å². The smallest absolute Gasteiger partial charge is 0.164 e. The number of carbonyl (C=O) groups is 1. The van der Waals surface area contributed by atoms with Crippen molar-refractivity contribution in [2.45, 2.75) is 44.1 Å². The minimum Gasteiger partial charge on any atom is -0.382 e. The lowest BCUT2D eigenvalue weighted by Gasteiger charge is -2.19. The number of Topliss-reactive ketones (excluding diaryl/α,β-unsaturated/α-hetero) is 1. The molecular weight excluding hydrogens is 200 g/mol. The van der Waals surface area contributed by atoms with Crippen molar-refractivity contribution in [2.75, 3.05) is 0 Å². The predicted molar refractivity (Wildman–Crippen MR) is 63.2 cm³/mol. The second-order valence-electron chi connectivity index (χ2n) is 4.65. The first-order valence-electron chi connectivity index (χ1n) is 6.00. The minimum atomic E-state index is -1.01. The summed E-state index contributed by atoms with van der Waals surface area (Å²) in [4.78, 5) is 11.5. The Labute approximate surface area is 96.3 Å². The SMILES string of the molecule is O=C1CCCC1(O)CCCc1ccccc1. The van der Waals surface area contributed by atoms with Crippen LogP contribution in [0.2, 0.25) is 0 Å². The molecule has 1 N–H and O–H groups in total. The lowest BCUT2D eigenvalue weighted by atomic mass is 9.93. The van der Waals surface area contributed by atoms with E-state index in [1.165, 1.54) is 5.56 Å². The molecule has 1 atom stereocenters. The molecule has 0 aromatic heterocycles. The van der Waals surface area contributed by atoms with Crippen LogP contribution in [0.5, 0.6) is 0 Å². The van der Waals surface area contributed by atoms with Gasteiger partial charge in [0.2, 0.25) is 0 Å². The topological polar surface area (TPSA) is 37.3 Å². The average Bonchev–Trinajstić information content (AvgIpc) is 2.61. The van der Waals surface area contributed by atoms with Crippen LogP contribution >= 0.6 is 0 Å². The number of aliphatic hydroxyl groups is 1. The van der Waals surface area contributed by atoms with Crippen LogP contribution in [-0.4, -0.2) is 16.5 Å². The van der Waals surface area contributed by atoms with Gasteiger partial charge in [0.1, 0.15) is 5.60 Å². The van der Waals surface area contributed by atoms with Crippen molar-refractivity contribution in [3.8, 4) is 0 Å². The molecule has 86 valence electrons. The van der Waals surface area contributed by atoms with Crippen molar-refractivity contribution in [1.82, 2.24) is 0 Å². The highest BCUT2D eigenvalue weighted by Crippen LogP contribution is 2.30. The Balaban J connectivity index is 1.82. The number of carbonyl (C=O) groups excluding carboxylic acids is 1. The molecule has 1 aliphatic rings. The van der Waals surface area contributed by atoms with E-state index in [9.17, 15) is 9.90 Å². The second kappa shape index (κ2) is 4.79. The predicted octanol–water partition coefficient (Wildman–Crippen LogP) is 2.49. The number of benzene rings is 1. The molecule has 1 fully saturated rings. The molecule has 0 saturated heterocycles. The van der Waals surface area contributed by atoms with Crippen LogP contribution in [0.1, 0.15) is 37.7 Å². The summed E-state index contributed by atoms with van der Waals surface area (Å²) in [6.07, 6.45) is 4.49. The quantitative estimate of drug-likeness (QED) is 0.843. The van der Waals surface area contributed by atoms with Gasteiger partial charge >= 0.3 is 0 Å². The van der Waals surface area contributed by atoms with Gasteiger partial charge in [0.25, 0.3) is 0 Å². The molecule has 1 aliphatic carbocycles. The lowest BCUT2D eigenvalue weighted by Crippen LogP contribution is -2.33. The Bertz CT molecular complexity index is 358. The van der Waals surface area contributed by atoms with Crippen LogP contribution in [-0.2, 0) is 11.2 Å². The molecule has 0 heterocycles. The summed E-state index contributed by atoms with van der Waals surface area (Å²) >= 11 is 0. The lowest BCUT2D eigenvalue weighted by molar-refractivity contribution is -0.134. The monoisotopic (exact) mass is 218 g/mol. The van der Waals surface area contributed by atoms with Crippen molar-refractivity contribution in [1.29, 1.82) is 0 Å². The molecule has 1 aromatic rings. The van der Waals surface area contributed by atoms with Gasteiger partial charge in [-0.3, -0.25) is 4.79 Å². The van der Waals surface area contributed by atoms with E-state index in [2.05, 4.69) is 12.1 Å². The fourth-order valence-corrected chi connectivity index (χ4v) is 2.41. The average molecular weight is 218 g/mol. The molecule has 2 heteroatoms. The minimum absolute atomic E-state index is 0.0422. The van der Waals surface area contributed by atoms with Crippen molar-refractivity contribution in [3.63, 3.8) is 0 Å². The fraction of sp³-hybridized carbons (Fsp3) is 0.500. The zero-order chi connectivity index (χ0) is 11.4. The molecule has 0 amide bonds. The molecule has 2 nitrogen and oxygen atoms in total. The number of ketones is 1. The Morgan fingerprint density at radius 3 is 2.62 bits per heavy atom. The van der Waals surface area contributed by atoms with E-state index in [1.54, 1.807) is 0 Å². The molecule has 1 aromatic carbocycles.